The minimum absolute atomic E-state index is 0.0152. The van der Waals surface area contributed by atoms with Crippen molar-refractivity contribution < 1.29 is 4.79 Å². The van der Waals surface area contributed by atoms with Crippen molar-refractivity contribution in [2.45, 2.75) is 64.6 Å². The number of nitrogens with zero attached hydrogens (tertiary/aromatic N) is 2. The third kappa shape index (κ3) is 3.69. The molecule has 0 saturated carbocycles. The first-order valence-corrected chi connectivity index (χ1v) is 7.87. The molecule has 2 atom stereocenters. The third-order valence-electron chi connectivity index (χ3n) is 4.50. The predicted molar refractivity (Wildman–Crippen MR) is 78.1 cm³/mol. The Morgan fingerprint density at radius 3 is 2.79 bits per heavy atom. The van der Waals surface area contributed by atoms with Crippen molar-refractivity contribution >= 4 is 5.91 Å². The molecule has 0 aromatic heterocycles. The van der Waals surface area contributed by atoms with Crippen LogP contribution in [0.1, 0.15) is 46.5 Å². The predicted octanol–water partition coefficient (Wildman–Crippen LogP) is 1.46. The van der Waals surface area contributed by atoms with Gasteiger partial charge in [-0.05, 0) is 53.1 Å². The van der Waals surface area contributed by atoms with Crippen LogP contribution in [0.25, 0.3) is 0 Å². The van der Waals surface area contributed by atoms with E-state index in [0.29, 0.717) is 12.1 Å². The summed E-state index contributed by atoms with van der Waals surface area (Å²) >= 11 is 0. The molecule has 2 aliphatic rings. The number of carbonyl (C=O) groups is 1. The van der Waals surface area contributed by atoms with Gasteiger partial charge >= 0.3 is 0 Å². The number of rotatable bonds is 3. The van der Waals surface area contributed by atoms with Gasteiger partial charge in [-0.2, -0.15) is 0 Å². The first-order chi connectivity index (χ1) is 9.09. The van der Waals surface area contributed by atoms with Crippen molar-refractivity contribution in [1.82, 2.24) is 15.1 Å². The molecule has 2 heterocycles. The van der Waals surface area contributed by atoms with Gasteiger partial charge in [-0.15, -0.1) is 0 Å². The maximum atomic E-state index is 12.3. The number of hydrogen-bond donors (Lipinski definition) is 1. The second-order valence-electron chi connectivity index (χ2n) is 6.29. The molecule has 0 aromatic rings. The third-order valence-corrected chi connectivity index (χ3v) is 4.50. The Labute approximate surface area is 117 Å². The number of carbonyl (C=O) groups excluding carboxylic acids is 1. The van der Waals surface area contributed by atoms with Crippen molar-refractivity contribution in [1.29, 1.82) is 0 Å². The van der Waals surface area contributed by atoms with E-state index >= 15 is 0 Å². The first kappa shape index (κ1) is 14.8. The van der Waals surface area contributed by atoms with Crippen LogP contribution in [-0.2, 0) is 4.79 Å². The van der Waals surface area contributed by atoms with Crippen molar-refractivity contribution in [3.05, 3.63) is 0 Å². The van der Waals surface area contributed by atoms with E-state index < -0.39 is 0 Å². The lowest BCUT2D eigenvalue weighted by molar-refractivity contribution is -0.133. The molecule has 0 aromatic carbocycles. The highest BCUT2D eigenvalue weighted by molar-refractivity contribution is 5.81. The van der Waals surface area contributed by atoms with E-state index in [1.165, 1.54) is 25.8 Å². The molecule has 19 heavy (non-hydrogen) atoms. The molecule has 4 heteroatoms. The van der Waals surface area contributed by atoms with E-state index in [2.05, 4.69) is 29.0 Å². The minimum atomic E-state index is -0.0152. The van der Waals surface area contributed by atoms with Gasteiger partial charge in [0.2, 0.25) is 5.91 Å². The fourth-order valence-corrected chi connectivity index (χ4v) is 3.39. The summed E-state index contributed by atoms with van der Waals surface area (Å²) < 4.78 is 0. The molecule has 2 unspecified atom stereocenters. The zero-order chi connectivity index (χ0) is 13.8. The van der Waals surface area contributed by atoms with Gasteiger partial charge in [0, 0.05) is 25.2 Å². The molecule has 2 saturated heterocycles. The van der Waals surface area contributed by atoms with Crippen LogP contribution in [0.5, 0.6) is 0 Å². The highest BCUT2D eigenvalue weighted by Gasteiger charge is 2.30. The summed E-state index contributed by atoms with van der Waals surface area (Å²) in [5.74, 6) is 0.284. The van der Waals surface area contributed by atoms with E-state index in [-0.39, 0.29) is 11.9 Å². The Balaban J connectivity index is 1.99. The monoisotopic (exact) mass is 267 g/mol. The highest BCUT2D eigenvalue weighted by Crippen LogP contribution is 2.21. The van der Waals surface area contributed by atoms with Gasteiger partial charge in [0.1, 0.15) is 0 Å². The molecule has 1 amide bonds. The van der Waals surface area contributed by atoms with Crippen molar-refractivity contribution in [2.75, 3.05) is 26.2 Å². The first-order valence-electron chi connectivity index (χ1n) is 7.87. The maximum Gasteiger partial charge on any atom is 0.239 e. The minimum Gasteiger partial charge on any atom is -0.340 e. The molecule has 2 fully saturated rings. The smallest absolute Gasteiger partial charge is 0.239 e. The topological polar surface area (TPSA) is 35.6 Å². The summed E-state index contributed by atoms with van der Waals surface area (Å²) in [6, 6.07) is 1.13. The average molecular weight is 267 g/mol. The second-order valence-corrected chi connectivity index (χ2v) is 6.29. The van der Waals surface area contributed by atoms with Gasteiger partial charge in [-0.3, -0.25) is 9.69 Å². The molecule has 2 aliphatic heterocycles. The van der Waals surface area contributed by atoms with E-state index in [0.717, 1.165) is 26.1 Å². The Bertz CT molecular complexity index is 306. The summed E-state index contributed by atoms with van der Waals surface area (Å²) in [5, 5.41) is 3.29. The van der Waals surface area contributed by atoms with Crippen LogP contribution < -0.4 is 5.32 Å². The highest BCUT2D eigenvalue weighted by atomic mass is 16.2. The van der Waals surface area contributed by atoms with Crippen molar-refractivity contribution in [3.63, 3.8) is 0 Å². The van der Waals surface area contributed by atoms with E-state index in [9.17, 15) is 4.79 Å². The lowest BCUT2D eigenvalue weighted by Gasteiger charge is -2.41. The molecular formula is C15H29N3O. The van der Waals surface area contributed by atoms with Gasteiger partial charge < -0.3 is 10.2 Å². The quantitative estimate of drug-likeness (QED) is 0.841. The van der Waals surface area contributed by atoms with Crippen LogP contribution in [0.2, 0.25) is 0 Å². The largest absolute Gasteiger partial charge is 0.340 e. The van der Waals surface area contributed by atoms with Gasteiger partial charge in [0.25, 0.3) is 0 Å². The van der Waals surface area contributed by atoms with Crippen LogP contribution in [0.4, 0.5) is 0 Å². The number of amides is 1. The Morgan fingerprint density at radius 1 is 1.26 bits per heavy atom. The van der Waals surface area contributed by atoms with Crippen molar-refractivity contribution in [3.8, 4) is 0 Å². The summed E-state index contributed by atoms with van der Waals surface area (Å²) in [4.78, 5) is 17.0. The van der Waals surface area contributed by atoms with Crippen molar-refractivity contribution in [2.24, 2.45) is 0 Å². The molecule has 2 rings (SSSR count). The summed E-state index contributed by atoms with van der Waals surface area (Å²) in [6.07, 6.45) is 4.93. The molecule has 1 N–H and O–H groups in total. The Morgan fingerprint density at radius 2 is 2.05 bits per heavy atom. The van der Waals surface area contributed by atoms with Crippen LogP contribution in [-0.4, -0.2) is 60.0 Å². The molecule has 0 aliphatic carbocycles. The van der Waals surface area contributed by atoms with Gasteiger partial charge in [0.05, 0.1) is 6.04 Å². The number of likely N-dealkylation sites (tertiary alicyclic amines) is 1. The maximum absolute atomic E-state index is 12.3. The van der Waals surface area contributed by atoms with Crippen LogP contribution in [0.3, 0.4) is 0 Å². The van der Waals surface area contributed by atoms with Gasteiger partial charge in [-0.25, -0.2) is 0 Å². The molecule has 0 bridgehead atoms. The van der Waals surface area contributed by atoms with Gasteiger partial charge in [-0.1, -0.05) is 6.42 Å². The standard InChI is InChI=1S/C15H29N3O/c1-12(2)18-10-5-4-7-14(18)11-17-9-6-8-16-13(3)15(17)19/h12-14,16H,4-11H2,1-3H3. The molecular weight excluding hydrogens is 238 g/mol. The number of nitrogens with one attached hydrogen (secondary N) is 1. The van der Waals surface area contributed by atoms with Gasteiger partial charge in [0.15, 0.2) is 0 Å². The summed E-state index contributed by atoms with van der Waals surface area (Å²) in [5.41, 5.74) is 0. The SMILES string of the molecule is CC1NCCCN(CC2CCCCN2C(C)C)C1=O. The van der Waals surface area contributed by atoms with Crippen LogP contribution in [0.15, 0.2) is 0 Å². The fourth-order valence-electron chi connectivity index (χ4n) is 3.39. The van der Waals surface area contributed by atoms with Crippen LogP contribution in [0, 0.1) is 0 Å². The normalized spacial score (nSPS) is 30.7. The Kier molecular flexibility index (Phi) is 5.22. The Hall–Kier alpha value is -0.610. The number of piperidine rings is 1. The fraction of sp³-hybridized carbons (Fsp3) is 0.933. The zero-order valence-electron chi connectivity index (χ0n) is 12.7. The summed E-state index contributed by atoms with van der Waals surface area (Å²) in [7, 11) is 0. The molecule has 0 radical (unpaired) electrons. The average Bonchev–Trinajstić information content (AvgIpc) is 2.55. The van der Waals surface area contributed by atoms with E-state index in [1.807, 2.05) is 6.92 Å². The lowest BCUT2D eigenvalue weighted by Crippen LogP contribution is -2.52. The summed E-state index contributed by atoms with van der Waals surface area (Å²) in [6.45, 7) is 10.5. The zero-order valence-corrected chi connectivity index (χ0v) is 12.7. The van der Waals surface area contributed by atoms with E-state index in [1.54, 1.807) is 0 Å². The molecule has 110 valence electrons. The molecule has 4 nitrogen and oxygen atoms in total. The second kappa shape index (κ2) is 6.71. The lowest BCUT2D eigenvalue weighted by atomic mass is 9.99. The molecule has 0 spiro atoms. The van der Waals surface area contributed by atoms with Crippen LogP contribution >= 0.6 is 0 Å². The van der Waals surface area contributed by atoms with E-state index in [4.69, 9.17) is 0 Å². The number of hydrogen-bond acceptors (Lipinski definition) is 3.